The molecule has 3 nitrogen and oxygen atoms in total. The Bertz CT molecular complexity index is 829. The van der Waals surface area contributed by atoms with Crippen LogP contribution in [0.5, 0.6) is 0 Å². The molecule has 2 aliphatic rings. The third-order valence-electron chi connectivity index (χ3n) is 5.51. The molecule has 6 heteroatoms. The highest BCUT2D eigenvalue weighted by Gasteiger charge is 2.42. The molecule has 2 aliphatic heterocycles. The SMILES string of the molecule is O=C(c1cc(F)cc(F)c1F)C1CC2COCC(C1)N2Cc1ccccc1. The number of carbonyl (C=O) groups excluding carboxylic acids is 1. The number of benzene rings is 2. The highest BCUT2D eigenvalue weighted by atomic mass is 19.2. The highest BCUT2D eigenvalue weighted by Crippen LogP contribution is 2.35. The summed E-state index contributed by atoms with van der Waals surface area (Å²) in [5.74, 6) is -4.53. The van der Waals surface area contributed by atoms with Gasteiger partial charge in [0.1, 0.15) is 5.82 Å². The summed E-state index contributed by atoms with van der Waals surface area (Å²) in [7, 11) is 0. The molecule has 2 aromatic carbocycles. The fraction of sp³-hybridized carbons (Fsp3) is 0.381. The zero-order chi connectivity index (χ0) is 19.0. The van der Waals surface area contributed by atoms with Gasteiger partial charge >= 0.3 is 0 Å². The number of ketones is 1. The molecule has 0 saturated carbocycles. The average molecular weight is 375 g/mol. The molecule has 0 aromatic heterocycles. The molecule has 27 heavy (non-hydrogen) atoms. The molecule has 142 valence electrons. The summed E-state index contributed by atoms with van der Waals surface area (Å²) in [5.41, 5.74) is 0.686. The van der Waals surface area contributed by atoms with Crippen molar-refractivity contribution in [3.63, 3.8) is 0 Å². The minimum atomic E-state index is -1.33. The fourth-order valence-corrected chi connectivity index (χ4v) is 4.21. The smallest absolute Gasteiger partial charge is 0.169 e. The van der Waals surface area contributed by atoms with Crippen molar-refractivity contribution < 1.29 is 22.7 Å². The quantitative estimate of drug-likeness (QED) is 0.598. The van der Waals surface area contributed by atoms with Crippen LogP contribution in [-0.2, 0) is 11.3 Å². The molecule has 0 spiro atoms. The summed E-state index contributed by atoms with van der Waals surface area (Å²) in [6, 6.07) is 11.3. The Balaban J connectivity index is 1.54. The van der Waals surface area contributed by atoms with Crippen molar-refractivity contribution in [2.75, 3.05) is 13.2 Å². The number of piperidine rings is 1. The summed E-state index contributed by atoms with van der Waals surface area (Å²) in [6.45, 7) is 1.74. The van der Waals surface area contributed by atoms with Gasteiger partial charge in [0, 0.05) is 30.6 Å². The van der Waals surface area contributed by atoms with Crippen LogP contribution in [0.1, 0.15) is 28.8 Å². The van der Waals surface area contributed by atoms with Crippen molar-refractivity contribution in [3.8, 4) is 0 Å². The summed E-state index contributed by atoms with van der Waals surface area (Å²) in [4.78, 5) is 15.1. The first-order valence-electron chi connectivity index (χ1n) is 9.09. The first-order valence-corrected chi connectivity index (χ1v) is 9.09. The normalized spacial score (nSPS) is 25.4. The van der Waals surface area contributed by atoms with E-state index in [0.29, 0.717) is 32.1 Å². The van der Waals surface area contributed by atoms with Crippen LogP contribution in [0.4, 0.5) is 13.2 Å². The van der Waals surface area contributed by atoms with E-state index >= 15 is 0 Å². The van der Waals surface area contributed by atoms with E-state index in [1.165, 1.54) is 5.56 Å². The molecule has 0 radical (unpaired) electrons. The molecule has 0 aliphatic carbocycles. The van der Waals surface area contributed by atoms with Gasteiger partial charge < -0.3 is 4.74 Å². The summed E-state index contributed by atoms with van der Waals surface area (Å²) < 4.78 is 46.7. The monoisotopic (exact) mass is 375 g/mol. The third kappa shape index (κ3) is 3.64. The van der Waals surface area contributed by atoms with E-state index < -0.39 is 34.7 Å². The number of hydrogen-bond acceptors (Lipinski definition) is 3. The Labute approximate surface area is 155 Å². The van der Waals surface area contributed by atoms with E-state index in [4.69, 9.17) is 4.74 Å². The molecule has 2 fully saturated rings. The van der Waals surface area contributed by atoms with E-state index in [1.54, 1.807) is 0 Å². The second-order valence-electron chi connectivity index (χ2n) is 7.28. The maximum Gasteiger partial charge on any atom is 0.169 e. The number of carbonyl (C=O) groups is 1. The Hall–Kier alpha value is -2.18. The van der Waals surface area contributed by atoms with E-state index in [1.807, 2.05) is 18.2 Å². The second-order valence-corrected chi connectivity index (χ2v) is 7.28. The Kier molecular flexibility index (Phi) is 5.02. The van der Waals surface area contributed by atoms with Gasteiger partial charge in [0.15, 0.2) is 17.4 Å². The zero-order valence-electron chi connectivity index (χ0n) is 14.7. The molecule has 2 bridgehead atoms. The fourth-order valence-electron chi connectivity index (χ4n) is 4.21. The zero-order valence-corrected chi connectivity index (χ0v) is 14.7. The lowest BCUT2D eigenvalue weighted by Gasteiger charge is -2.48. The number of nitrogens with zero attached hydrogens (tertiary/aromatic N) is 1. The van der Waals surface area contributed by atoms with Gasteiger partial charge in [-0.25, -0.2) is 13.2 Å². The molecule has 2 heterocycles. The summed E-state index contributed by atoms with van der Waals surface area (Å²) in [5, 5.41) is 0. The van der Waals surface area contributed by atoms with Crippen LogP contribution in [0.3, 0.4) is 0 Å². The molecule has 0 amide bonds. The van der Waals surface area contributed by atoms with Gasteiger partial charge in [0.25, 0.3) is 0 Å². The number of halogens is 3. The predicted molar refractivity (Wildman–Crippen MR) is 93.8 cm³/mol. The van der Waals surface area contributed by atoms with Crippen LogP contribution in [0.2, 0.25) is 0 Å². The first-order chi connectivity index (χ1) is 13.0. The van der Waals surface area contributed by atoms with Gasteiger partial charge in [0.05, 0.1) is 18.8 Å². The van der Waals surface area contributed by atoms with Crippen LogP contribution < -0.4 is 0 Å². The van der Waals surface area contributed by atoms with Crippen LogP contribution in [0.15, 0.2) is 42.5 Å². The van der Waals surface area contributed by atoms with Crippen molar-refractivity contribution in [2.24, 2.45) is 5.92 Å². The molecular formula is C21H20F3NO2. The minimum Gasteiger partial charge on any atom is -0.378 e. The lowest BCUT2D eigenvalue weighted by Crippen LogP contribution is -2.57. The van der Waals surface area contributed by atoms with Crippen molar-refractivity contribution in [1.29, 1.82) is 0 Å². The van der Waals surface area contributed by atoms with Gasteiger partial charge in [-0.2, -0.15) is 0 Å². The molecule has 2 atom stereocenters. The van der Waals surface area contributed by atoms with E-state index in [0.717, 1.165) is 12.6 Å². The molecule has 4 rings (SSSR count). The first kappa shape index (κ1) is 18.2. The molecule has 0 N–H and O–H groups in total. The summed E-state index contributed by atoms with van der Waals surface area (Å²) >= 11 is 0. The number of ether oxygens (including phenoxy) is 1. The molecule has 2 unspecified atom stereocenters. The van der Waals surface area contributed by atoms with Gasteiger partial charge in [0.2, 0.25) is 0 Å². The second kappa shape index (κ2) is 7.44. The number of hydrogen-bond donors (Lipinski definition) is 0. The van der Waals surface area contributed by atoms with Gasteiger partial charge in [-0.3, -0.25) is 9.69 Å². The number of Topliss-reactive ketones (excluding diaryl/α,β-unsaturated/α-hetero) is 1. The Morgan fingerprint density at radius 2 is 1.70 bits per heavy atom. The standard InChI is InChI=1S/C21H20F3NO2/c22-15-8-18(20(24)19(23)9-15)21(26)14-6-16-11-27-12-17(7-14)25(16)10-13-4-2-1-3-5-13/h1-5,8-9,14,16-17H,6-7,10-12H2. The lowest BCUT2D eigenvalue weighted by atomic mass is 9.80. The molecule has 2 saturated heterocycles. The van der Waals surface area contributed by atoms with Crippen LogP contribution in [0, 0.1) is 23.4 Å². The van der Waals surface area contributed by atoms with Gasteiger partial charge in [-0.15, -0.1) is 0 Å². The summed E-state index contributed by atoms with van der Waals surface area (Å²) in [6.07, 6.45) is 0.972. The third-order valence-corrected chi connectivity index (χ3v) is 5.51. The van der Waals surface area contributed by atoms with E-state index in [2.05, 4.69) is 17.0 Å². The minimum absolute atomic E-state index is 0.0214. The van der Waals surface area contributed by atoms with Gasteiger partial charge in [-0.05, 0) is 24.5 Å². The maximum atomic E-state index is 14.0. The average Bonchev–Trinajstić information content (AvgIpc) is 2.64. The van der Waals surface area contributed by atoms with E-state index in [-0.39, 0.29) is 12.1 Å². The maximum absolute atomic E-state index is 14.0. The van der Waals surface area contributed by atoms with Crippen LogP contribution in [0.25, 0.3) is 0 Å². The number of rotatable bonds is 4. The number of morpholine rings is 1. The van der Waals surface area contributed by atoms with Crippen molar-refractivity contribution in [1.82, 2.24) is 4.90 Å². The van der Waals surface area contributed by atoms with Crippen molar-refractivity contribution in [2.45, 2.75) is 31.5 Å². The van der Waals surface area contributed by atoms with Gasteiger partial charge in [-0.1, -0.05) is 30.3 Å². The predicted octanol–water partition coefficient (Wildman–Crippen LogP) is 3.97. The van der Waals surface area contributed by atoms with Crippen molar-refractivity contribution in [3.05, 3.63) is 71.0 Å². The molecular weight excluding hydrogens is 355 g/mol. The Morgan fingerprint density at radius 3 is 2.37 bits per heavy atom. The van der Waals surface area contributed by atoms with Crippen LogP contribution >= 0.6 is 0 Å². The van der Waals surface area contributed by atoms with E-state index in [9.17, 15) is 18.0 Å². The molecule has 2 aromatic rings. The highest BCUT2D eigenvalue weighted by molar-refractivity contribution is 5.98. The lowest BCUT2D eigenvalue weighted by molar-refractivity contribution is -0.0873. The number of fused-ring (bicyclic) bond motifs is 2. The topological polar surface area (TPSA) is 29.5 Å². The van der Waals surface area contributed by atoms with Crippen molar-refractivity contribution >= 4 is 5.78 Å². The largest absolute Gasteiger partial charge is 0.378 e. The van der Waals surface area contributed by atoms with Crippen LogP contribution in [-0.4, -0.2) is 36.0 Å². The Morgan fingerprint density at radius 1 is 1.04 bits per heavy atom.